The Hall–Kier alpha value is -2.81. The smallest absolute Gasteiger partial charge is 0.340 e. The van der Waals surface area contributed by atoms with Crippen LogP contribution in [-0.2, 0) is 26.1 Å². The molecule has 0 atom stereocenters. The van der Waals surface area contributed by atoms with Crippen molar-refractivity contribution in [2.75, 3.05) is 17.6 Å². The Labute approximate surface area is 138 Å². The number of carbonyl (C=O) groups excluding carboxylic acids is 2. The molecular formula is C15H16N2O6S. The standard InChI is InChI=1S/C15H16N2O6S/c1-24(20,21)17-13-7-3-2-6-12(13)15(19)23-10-14(18)16-9-11-5-4-8-22-11/h2-8,17H,9-10H2,1H3,(H,16,18). The van der Waals surface area contributed by atoms with Crippen molar-refractivity contribution in [3.63, 3.8) is 0 Å². The first-order chi connectivity index (χ1) is 11.3. The number of anilines is 1. The monoisotopic (exact) mass is 352 g/mol. The summed E-state index contributed by atoms with van der Waals surface area (Å²) in [5, 5.41) is 2.52. The van der Waals surface area contributed by atoms with E-state index in [1.165, 1.54) is 18.4 Å². The number of sulfonamides is 1. The lowest BCUT2D eigenvalue weighted by atomic mass is 10.2. The number of hydrogen-bond donors (Lipinski definition) is 2. The second-order valence-corrected chi connectivity index (χ2v) is 6.60. The Morgan fingerprint density at radius 1 is 1.17 bits per heavy atom. The molecule has 0 fully saturated rings. The van der Waals surface area contributed by atoms with Crippen LogP contribution in [0.4, 0.5) is 5.69 Å². The van der Waals surface area contributed by atoms with E-state index < -0.39 is 28.5 Å². The van der Waals surface area contributed by atoms with Crippen LogP contribution in [0.3, 0.4) is 0 Å². The predicted octanol–water partition coefficient (Wildman–Crippen LogP) is 1.12. The molecule has 0 spiro atoms. The number of amides is 1. The molecule has 1 aromatic heterocycles. The molecule has 0 aliphatic heterocycles. The fourth-order valence-electron chi connectivity index (χ4n) is 1.81. The van der Waals surface area contributed by atoms with E-state index in [1.54, 1.807) is 24.3 Å². The minimum Gasteiger partial charge on any atom is -0.467 e. The van der Waals surface area contributed by atoms with E-state index in [1.807, 2.05) is 0 Å². The molecule has 0 radical (unpaired) electrons. The van der Waals surface area contributed by atoms with Gasteiger partial charge >= 0.3 is 5.97 Å². The molecule has 24 heavy (non-hydrogen) atoms. The number of nitrogens with one attached hydrogen (secondary N) is 2. The molecule has 128 valence electrons. The lowest BCUT2D eigenvalue weighted by Crippen LogP contribution is -2.28. The normalized spacial score (nSPS) is 10.9. The summed E-state index contributed by atoms with van der Waals surface area (Å²) >= 11 is 0. The highest BCUT2D eigenvalue weighted by Gasteiger charge is 2.16. The minimum atomic E-state index is -3.55. The van der Waals surface area contributed by atoms with Crippen LogP contribution in [0.2, 0.25) is 0 Å². The van der Waals surface area contributed by atoms with E-state index in [0.717, 1.165) is 6.26 Å². The zero-order valence-electron chi connectivity index (χ0n) is 12.8. The number of hydrogen-bond acceptors (Lipinski definition) is 6. The number of carbonyl (C=O) groups is 2. The van der Waals surface area contributed by atoms with Gasteiger partial charge in [0, 0.05) is 0 Å². The van der Waals surface area contributed by atoms with Gasteiger partial charge in [0.25, 0.3) is 5.91 Å². The molecular weight excluding hydrogens is 336 g/mol. The molecule has 2 aromatic rings. The second kappa shape index (κ2) is 7.64. The predicted molar refractivity (Wildman–Crippen MR) is 85.7 cm³/mol. The average Bonchev–Trinajstić information content (AvgIpc) is 3.03. The molecule has 1 aromatic carbocycles. The molecule has 0 unspecified atom stereocenters. The first-order valence-corrected chi connectivity index (χ1v) is 8.77. The van der Waals surface area contributed by atoms with Crippen LogP contribution in [0.25, 0.3) is 0 Å². The summed E-state index contributed by atoms with van der Waals surface area (Å²) in [5.74, 6) is -0.749. The molecule has 2 rings (SSSR count). The van der Waals surface area contributed by atoms with Gasteiger partial charge in [-0.3, -0.25) is 9.52 Å². The average molecular weight is 352 g/mol. The number of furan rings is 1. The van der Waals surface area contributed by atoms with Gasteiger partial charge in [-0.15, -0.1) is 0 Å². The molecule has 0 aliphatic carbocycles. The number of ether oxygens (including phenoxy) is 1. The van der Waals surface area contributed by atoms with E-state index in [2.05, 4.69) is 10.0 Å². The Morgan fingerprint density at radius 3 is 2.58 bits per heavy atom. The molecule has 2 N–H and O–H groups in total. The highest BCUT2D eigenvalue weighted by atomic mass is 32.2. The van der Waals surface area contributed by atoms with Crippen molar-refractivity contribution in [2.24, 2.45) is 0 Å². The van der Waals surface area contributed by atoms with Crippen LogP contribution in [-0.4, -0.2) is 33.2 Å². The Balaban J connectivity index is 1.91. The maximum Gasteiger partial charge on any atom is 0.340 e. The Bertz CT molecular complexity index is 814. The third kappa shape index (κ3) is 5.43. The van der Waals surface area contributed by atoms with E-state index in [9.17, 15) is 18.0 Å². The molecule has 1 amide bonds. The molecule has 0 saturated heterocycles. The zero-order chi connectivity index (χ0) is 17.6. The zero-order valence-corrected chi connectivity index (χ0v) is 13.6. The SMILES string of the molecule is CS(=O)(=O)Nc1ccccc1C(=O)OCC(=O)NCc1ccco1. The van der Waals surface area contributed by atoms with Crippen LogP contribution < -0.4 is 10.0 Å². The van der Waals surface area contributed by atoms with Gasteiger partial charge in [-0.1, -0.05) is 12.1 Å². The summed E-state index contributed by atoms with van der Waals surface area (Å²) in [6.07, 6.45) is 2.45. The van der Waals surface area contributed by atoms with Gasteiger partial charge in [0.1, 0.15) is 5.76 Å². The van der Waals surface area contributed by atoms with Crippen LogP contribution in [0.15, 0.2) is 47.1 Å². The Kier molecular flexibility index (Phi) is 5.59. The largest absolute Gasteiger partial charge is 0.467 e. The van der Waals surface area contributed by atoms with Crippen molar-refractivity contribution in [3.8, 4) is 0 Å². The minimum absolute atomic E-state index is 0.0155. The van der Waals surface area contributed by atoms with Crippen LogP contribution in [0.1, 0.15) is 16.1 Å². The highest BCUT2D eigenvalue weighted by molar-refractivity contribution is 7.92. The van der Waals surface area contributed by atoms with Crippen molar-refractivity contribution >= 4 is 27.6 Å². The van der Waals surface area contributed by atoms with Gasteiger partial charge in [0.15, 0.2) is 6.61 Å². The molecule has 0 bridgehead atoms. The summed E-state index contributed by atoms with van der Waals surface area (Å²) in [6.45, 7) is -0.317. The number of rotatable bonds is 7. The van der Waals surface area contributed by atoms with Crippen LogP contribution in [0.5, 0.6) is 0 Å². The third-order valence-corrected chi connectivity index (χ3v) is 3.41. The third-order valence-electron chi connectivity index (χ3n) is 2.82. The topological polar surface area (TPSA) is 115 Å². The molecule has 0 saturated carbocycles. The number of benzene rings is 1. The lowest BCUT2D eigenvalue weighted by molar-refractivity contribution is -0.124. The van der Waals surface area contributed by atoms with Gasteiger partial charge in [-0.25, -0.2) is 13.2 Å². The van der Waals surface area contributed by atoms with Gasteiger partial charge < -0.3 is 14.5 Å². The summed E-state index contributed by atoms with van der Waals surface area (Å²) in [5.41, 5.74) is 0.0998. The van der Waals surface area contributed by atoms with Crippen molar-refractivity contribution in [2.45, 2.75) is 6.54 Å². The molecule has 9 heteroatoms. The maximum absolute atomic E-state index is 12.0. The quantitative estimate of drug-likeness (QED) is 0.722. The van der Waals surface area contributed by atoms with Gasteiger partial charge in [0.2, 0.25) is 10.0 Å². The lowest BCUT2D eigenvalue weighted by Gasteiger charge is -2.10. The Morgan fingerprint density at radius 2 is 1.92 bits per heavy atom. The van der Waals surface area contributed by atoms with Crippen LogP contribution in [0, 0.1) is 0 Å². The van der Waals surface area contributed by atoms with E-state index >= 15 is 0 Å². The van der Waals surface area contributed by atoms with Crippen molar-refractivity contribution in [1.82, 2.24) is 5.32 Å². The fourth-order valence-corrected chi connectivity index (χ4v) is 2.39. The van der Waals surface area contributed by atoms with Gasteiger partial charge in [-0.05, 0) is 24.3 Å². The van der Waals surface area contributed by atoms with Gasteiger partial charge in [-0.2, -0.15) is 0 Å². The maximum atomic E-state index is 12.0. The van der Waals surface area contributed by atoms with E-state index in [-0.39, 0.29) is 17.8 Å². The summed E-state index contributed by atoms with van der Waals surface area (Å²) < 4.78 is 34.8. The number of esters is 1. The summed E-state index contributed by atoms with van der Waals surface area (Å²) in [7, 11) is -3.55. The van der Waals surface area contributed by atoms with Crippen LogP contribution >= 0.6 is 0 Å². The van der Waals surface area contributed by atoms with Crippen molar-refractivity contribution in [3.05, 3.63) is 54.0 Å². The summed E-state index contributed by atoms with van der Waals surface area (Å²) in [4.78, 5) is 23.7. The van der Waals surface area contributed by atoms with Crippen molar-refractivity contribution < 1.29 is 27.2 Å². The van der Waals surface area contributed by atoms with Gasteiger partial charge in [0.05, 0.1) is 30.3 Å². The highest BCUT2D eigenvalue weighted by Crippen LogP contribution is 2.17. The molecule has 1 heterocycles. The molecule has 0 aliphatic rings. The van der Waals surface area contributed by atoms with E-state index in [0.29, 0.717) is 5.76 Å². The summed E-state index contributed by atoms with van der Waals surface area (Å²) in [6, 6.07) is 9.33. The molecule has 8 nitrogen and oxygen atoms in total. The fraction of sp³-hybridized carbons (Fsp3) is 0.200. The van der Waals surface area contributed by atoms with E-state index in [4.69, 9.17) is 9.15 Å². The second-order valence-electron chi connectivity index (χ2n) is 4.85. The first kappa shape index (κ1) is 17.5. The van der Waals surface area contributed by atoms with Crippen molar-refractivity contribution in [1.29, 1.82) is 0 Å². The number of para-hydroxylation sites is 1. The first-order valence-electron chi connectivity index (χ1n) is 6.88.